The highest BCUT2D eigenvalue weighted by Gasteiger charge is 2.49. The van der Waals surface area contributed by atoms with Crippen molar-refractivity contribution >= 4 is 12.6 Å². The van der Waals surface area contributed by atoms with Gasteiger partial charge in [0.15, 0.2) is 0 Å². The van der Waals surface area contributed by atoms with Gasteiger partial charge in [0, 0.05) is 6.07 Å². The summed E-state index contributed by atoms with van der Waals surface area (Å²) in [6.07, 6.45) is 0. The average Bonchev–Trinajstić information content (AvgIpc) is 2.25. The highest BCUT2D eigenvalue weighted by atomic mass is 31.2. The molecule has 0 saturated heterocycles. The lowest BCUT2D eigenvalue weighted by molar-refractivity contribution is 0.415. The summed E-state index contributed by atoms with van der Waals surface area (Å²) < 4.78 is 5.37. The molecule has 0 N–H and O–H groups in total. The van der Waals surface area contributed by atoms with Crippen LogP contribution in [0.1, 0.15) is 41.5 Å². The number of hydrogen-bond acceptors (Lipinski definition) is 1. The van der Waals surface area contributed by atoms with E-state index in [1.54, 1.807) is 7.11 Å². The van der Waals surface area contributed by atoms with Gasteiger partial charge in [-0.15, -0.1) is 0 Å². The summed E-state index contributed by atoms with van der Waals surface area (Å²) in [6, 6.07) is 8.45. The first-order chi connectivity index (χ1) is 8.04. The number of ether oxygens (including phenoxy) is 1. The van der Waals surface area contributed by atoms with Gasteiger partial charge in [0.1, 0.15) is 5.75 Å². The van der Waals surface area contributed by atoms with Crippen molar-refractivity contribution in [1.29, 1.82) is 0 Å². The predicted octanol–water partition coefficient (Wildman–Crippen LogP) is 4.73. The van der Waals surface area contributed by atoms with Crippen LogP contribution in [0, 0.1) is 6.66 Å². The Labute approximate surface area is 113 Å². The Balaban J connectivity index is 3.45. The zero-order chi connectivity index (χ0) is 14.2. The molecule has 0 bridgehead atoms. The van der Waals surface area contributed by atoms with Gasteiger partial charge < -0.3 is 4.74 Å². The second kappa shape index (κ2) is 4.85. The van der Waals surface area contributed by atoms with E-state index >= 15 is 0 Å². The van der Waals surface area contributed by atoms with E-state index in [4.69, 9.17) is 11.4 Å². The number of rotatable bonds is 2. The molecule has 102 valence electrons. The molecule has 0 atom stereocenters. The fraction of sp³-hybridized carbons (Fsp3) is 0.562. The fourth-order valence-electron chi connectivity index (χ4n) is 2.63. The number of hydrogen-bond donors (Lipinski definition) is 0. The maximum Gasteiger partial charge on any atom is 0.122 e. The van der Waals surface area contributed by atoms with E-state index in [0.717, 1.165) is 5.75 Å². The van der Waals surface area contributed by atoms with Gasteiger partial charge in [0.2, 0.25) is 0 Å². The van der Waals surface area contributed by atoms with E-state index in [1.165, 1.54) is 5.30 Å². The van der Waals surface area contributed by atoms with Gasteiger partial charge in [-0.1, -0.05) is 13.3 Å². The third-order valence-corrected chi connectivity index (χ3v) is 9.52. The van der Waals surface area contributed by atoms with Crippen molar-refractivity contribution in [2.24, 2.45) is 0 Å². The SMILES string of the molecule is [CH2-][P+](c1cccc(OC)c1)(C(C)(C)C)C(C)(C)C. The zero-order valence-corrected chi connectivity index (χ0v) is 13.8. The van der Waals surface area contributed by atoms with Crippen molar-refractivity contribution in [2.75, 3.05) is 7.11 Å². The minimum Gasteiger partial charge on any atom is -0.497 e. The molecule has 0 saturated carbocycles. The Morgan fingerprint density at radius 1 is 1.00 bits per heavy atom. The summed E-state index contributed by atoms with van der Waals surface area (Å²) >= 11 is 0. The molecular formula is C16H27OP. The molecule has 0 aliphatic carbocycles. The Bertz CT molecular complexity index is 396. The maximum absolute atomic E-state index is 5.37. The lowest BCUT2D eigenvalue weighted by atomic mass is 10.2. The van der Waals surface area contributed by atoms with Gasteiger partial charge >= 0.3 is 0 Å². The van der Waals surface area contributed by atoms with E-state index in [-0.39, 0.29) is 10.3 Å². The second-order valence-electron chi connectivity index (χ2n) is 6.85. The molecule has 1 nitrogen and oxygen atoms in total. The van der Waals surface area contributed by atoms with Crippen LogP contribution >= 0.6 is 7.26 Å². The van der Waals surface area contributed by atoms with Crippen molar-refractivity contribution in [3.63, 3.8) is 0 Å². The predicted molar refractivity (Wildman–Crippen MR) is 84.4 cm³/mol. The Morgan fingerprint density at radius 3 is 1.89 bits per heavy atom. The zero-order valence-electron chi connectivity index (χ0n) is 12.9. The fourth-order valence-corrected chi connectivity index (χ4v) is 6.88. The molecule has 18 heavy (non-hydrogen) atoms. The van der Waals surface area contributed by atoms with Gasteiger partial charge in [-0.25, -0.2) is 0 Å². The topological polar surface area (TPSA) is 9.23 Å². The summed E-state index contributed by atoms with van der Waals surface area (Å²) in [5.41, 5.74) is 0. The van der Waals surface area contributed by atoms with Gasteiger partial charge in [0.25, 0.3) is 0 Å². The average molecular weight is 266 g/mol. The molecule has 0 aromatic heterocycles. The molecule has 0 heterocycles. The Hall–Kier alpha value is -0.550. The minimum atomic E-state index is -1.56. The van der Waals surface area contributed by atoms with Crippen molar-refractivity contribution in [2.45, 2.75) is 51.9 Å². The van der Waals surface area contributed by atoms with Gasteiger partial charge in [-0.2, -0.15) is 6.66 Å². The quantitative estimate of drug-likeness (QED) is 0.555. The molecule has 2 heteroatoms. The number of methoxy groups -OCH3 is 1. The molecule has 1 aromatic rings. The summed E-state index contributed by atoms with van der Waals surface area (Å²) in [5.74, 6) is 0.925. The first-order valence-corrected chi connectivity index (χ1v) is 8.39. The smallest absolute Gasteiger partial charge is 0.122 e. The van der Waals surface area contributed by atoms with Crippen LogP contribution in [0.3, 0.4) is 0 Å². The van der Waals surface area contributed by atoms with E-state index in [0.29, 0.717) is 0 Å². The van der Waals surface area contributed by atoms with Crippen LogP contribution in [-0.2, 0) is 0 Å². The van der Waals surface area contributed by atoms with Crippen molar-refractivity contribution in [3.05, 3.63) is 30.9 Å². The van der Waals surface area contributed by atoms with Crippen LogP contribution in [-0.4, -0.2) is 17.4 Å². The molecular weight excluding hydrogens is 239 g/mol. The highest BCUT2D eigenvalue weighted by molar-refractivity contribution is 7.86. The van der Waals surface area contributed by atoms with E-state index in [2.05, 4.69) is 59.7 Å². The first-order valence-electron chi connectivity index (χ1n) is 6.42. The largest absolute Gasteiger partial charge is 0.497 e. The summed E-state index contributed by atoms with van der Waals surface area (Å²) in [4.78, 5) is 0. The molecule has 0 spiro atoms. The van der Waals surface area contributed by atoms with Crippen LogP contribution in [0.25, 0.3) is 0 Å². The number of benzene rings is 1. The molecule has 0 radical (unpaired) electrons. The standard InChI is InChI=1S/C16H27OP/c1-15(2,3)18(8,16(4,5)6)14-11-9-10-13(12-14)17-7/h9-12H,8H2,1-7H3. The van der Waals surface area contributed by atoms with Crippen molar-refractivity contribution < 1.29 is 4.74 Å². The van der Waals surface area contributed by atoms with Crippen LogP contribution in [0.4, 0.5) is 0 Å². The molecule has 0 aliphatic rings. The molecule has 0 unspecified atom stereocenters. The molecule has 0 fully saturated rings. The lowest BCUT2D eigenvalue weighted by Crippen LogP contribution is -2.38. The van der Waals surface area contributed by atoms with Gasteiger partial charge in [-0.05, 0) is 53.7 Å². The highest BCUT2D eigenvalue weighted by Crippen LogP contribution is 2.74. The van der Waals surface area contributed by atoms with Crippen LogP contribution in [0.5, 0.6) is 5.75 Å². The van der Waals surface area contributed by atoms with E-state index in [9.17, 15) is 0 Å². The van der Waals surface area contributed by atoms with Crippen molar-refractivity contribution in [3.8, 4) is 5.75 Å². The minimum absolute atomic E-state index is 0.178. The maximum atomic E-state index is 5.37. The Kier molecular flexibility index (Phi) is 4.18. The van der Waals surface area contributed by atoms with Crippen LogP contribution in [0.15, 0.2) is 24.3 Å². The molecule has 0 aliphatic heterocycles. The summed E-state index contributed by atoms with van der Waals surface area (Å²) in [5, 5.41) is 1.71. The van der Waals surface area contributed by atoms with Crippen LogP contribution in [0.2, 0.25) is 0 Å². The monoisotopic (exact) mass is 266 g/mol. The van der Waals surface area contributed by atoms with Gasteiger partial charge in [0.05, 0.1) is 22.7 Å². The molecule has 1 aromatic carbocycles. The second-order valence-corrected chi connectivity index (χ2v) is 11.7. The van der Waals surface area contributed by atoms with Gasteiger partial charge in [-0.3, -0.25) is 0 Å². The van der Waals surface area contributed by atoms with Crippen molar-refractivity contribution in [1.82, 2.24) is 0 Å². The normalized spacial score (nSPS) is 13.6. The third kappa shape index (κ3) is 2.57. The summed E-state index contributed by atoms with van der Waals surface area (Å²) in [6.45, 7) is 18.5. The lowest BCUT2D eigenvalue weighted by Gasteiger charge is -2.50. The van der Waals surface area contributed by atoms with E-state index in [1.807, 2.05) is 6.07 Å². The first kappa shape index (κ1) is 15.5. The third-order valence-electron chi connectivity index (χ3n) is 3.78. The van der Waals surface area contributed by atoms with E-state index < -0.39 is 7.26 Å². The van der Waals surface area contributed by atoms with Crippen LogP contribution < -0.4 is 10.0 Å². The summed E-state index contributed by atoms with van der Waals surface area (Å²) in [7, 11) is 0.159. The Morgan fingerprint density at radius 2 is 1.50 bits per heavy atom. The molecule has 1 rings (SSSR count). The molecule has 0 amide bonds.